The van der Waals surface area contributed by atoms with E-state index in [-0.39, 0.29) is 30.3 Å². The van der Waals surface area contributed by atoms with Crippen molar-refractivity contribution >= 4 is 11.6 Å². The number of hydrogen-bond donors (Lipinski definition) is 2. The van der Waals surface area contributed by atoms with Crippen molar-refractivity contribution in [3.63, 3.8) is 0 Å². The second-order valence-corrected chi connectivity index (χ2v) is 6.07. The molecule has 6 nitrogen and oxygen atoms in total. The van der Waals surface area contributed by atoms with Crippen LogP contribution in [-0.2, 0) is 6.18 Å². The fourth-order valence-electron chi connectivity index (χ4n) is 2.80. The smallest absolute Gasteiger partial charge is 0.416 e. The van der Waals surface area contributed by atoms with Gasteiger partial charge in [-0.25, -0.2) is 0 Å². The minimum atomic E-state index is -4.59. The number of aromatic hydroxyl groups is 2. The Labute approximate surface area is 157 Å². The van der Waals surface area contributed by atoms with Crippen LogP contribution >= 0.6 is 0 Å². The Hall–Kier alpha value is -3.23. The van der Waals surface area contributed by atoms with Gasteiger partial charge in [0.2, 0.25) is 5.75 Å². The van der Waals surface area contributed by atoms with E-state index in [1.54, 1.807) is 0 Å². The predicted octanol–water partition coefficient (Wildman–Crippen LogP) is 3.73. The number of ether oxygens (including phenoxy) is 2. The molecular formula is C19H15F3O6. The van der Waals surface area contributed by atoms with Crippen LogP contribution in [0.25, 0.3) is 0 Å². The van der Waals surface area contributed by atoms with E-state index in [4.69, 9.17) is 9.47 Å². The summed E-state index contributed by atoms with van der Waals surface area (Å²) in [4.78, 5) is 24.6. The number of halogens is 3. The van der Waals surface area contributed by atoms with Crippen LogP contribution in [0.1, 0.15) is 39.1 Å². The van der Waals surface area contributed by atoms with Crippen molar-refractivity contribution in [3.05, 3.63) is 47.0 Å². The van der Waals surface area contributed by atoms with Gasteiger partial charge in [-0.1, -0.05) is 12.1 Å². The Bertz CT molecular complexity index is 936. The van der Waals surface area contributed by atoms with Crippen LogP contribution in [-0.4, -0.2) is 35.0 Å². The highest BCUT2D eigenvalue weighted by molar-refractivity contribution is 6.05. The highest BCUT2D eigenvalue weighted by Gasteiger charge is 2.31. The van der Waals surface area contributed by atoms with E-state index in [0.717, 1.165) is 18.2 Å². The molecule has 2 aromatic carbocycles. The van der Waals surface area contributed by atoms with Gasteiger partial charge in [0.05, 0.1) is 5.56 Å². The lowest BCUT2D eigenvalue weighted by atomic mass is 9.98. The zero-order valence-corrected chi connectivity index (χ0v) is 14.4. The highest BCUT2D eigenvalue weighted by atomic mass is 19.4. The van der Waals surface area contributed by atoms with Crippen LogP contribution < -0.4 is 9.47 Å². The summed E-state index contributed by atoms with van der Waals surface area (Å²) in [6, 6.07) is 5.01. The number of alkyl halides is 3. The summed E-state index contributed by atoms with van der Waals surface area (Å²) in [6.07, 6.45) is -5.40. The third kappa shape index (κ3) is 3.88. The molecule has 0 fully saturated rings. The molecule has 1 aliphatic rings. The van der Waals surface area contributed by atoms with Crippen LogP contribution in [0.15, 0.2) is 30.3 Å². The van der Waals surface area contributed by atoms with Crippen molar-refractivity contribution in [1.29, 1.82) is 0 Å². The molecule has 2 aromatic rings. The van der Waals surface area contributed by atoms with E-state index < -0.39 is 53.2 Å². The van der Waals surface area contributed by atoms with Gasteiger partial charge in [0, 0.05) is 24.5 Å². The van der Waals surface area contributed by atoms with Crippen LogP contribution in [0.4, 0.5) is 13.2 Å². The van der Waals surface area contributed by atoms with E-state index in [9.17, 15) is 33.0 Å². The summed E-state index contributed by atoms with van der Waals surface area (Å²) >= 11 is 0. The first-order valence-corrected chi connectivity index (χ1v) is 8.26. The molecule has 0 saturated heterocycles. The van der Waals surface area contributed by atoms with Gasteiger partial charge in [0.15, 0.2) is 23.1 Å². The van der Waals surface area contributed by atoms with Gasteiger partial charge in [0.1, 0.15) is 24.5 Å². The lowest BCUT2D eigenvalue weighted by Crippen LogP contribution is -2.16. The number of hydrogen-bond acceptors (Lipinski definition) is 6. The Balaban J connectivity index is 1.75. The normalized spacial score (nSPS) is 13.2. The fraction of sp³-hybridized carbons (Fsp3) is 0.263. The van der Waals surface area contributed by atoms with Gasteiger partial charge in [-0.2, -0.15) is 13.2 Å². The Morgan fingerprint density at radius 2 is 1.68 bits per heavy atom. The van der Waals surface area contributed by atoms with E-state index in [1.165, 1.54) is 6.07 Å². The summed E-state index contributed by atoms with van der Waals surface area (Å²) in [5, 5.41) is 20.2. The molecule has 1 aliphatic heterocycles. The molecule has 28 heavy (non-hydrogen) atoms. The first-order chi connectivity index (χ1) is 13.2. The SMILES string of the molecule is O=C(CCC(=O)c1c(O)cc2c(c1O)OCCO2)c1cccc(C(F)(F)F)c1. The van der Waals surface area contributed by atoms with Gasteiger partial charge in [0.25, 0.3) is 0 Å². The molecule has 1 heterocycles. The molecule has 9 heteroatoms. The average Bonchev–Trinajstić information content (AvgIpc) is 2.65. The van der Waals surface area contributed by atoms with Crippen molar-refractivity contribution in [3.8, 4) is 23.0 Å². The molecule has 0 aromatic heterocycles. The second-order valence-electron chi connectivity index (χ2n) is 6.07. The van der Waals surface area contributed by atoms with Gasteiger partial charge >= 0.3 is 6.18 Å². The molecule has 2 N–H and O–H groups in total. The minimum Gasteiger partial charge on any atom is -0.507 e. The zero-order chi connectivity index (χ0) is 20.5. The summed E-state index contributed by atoms with van der Waals surface area (Å²) in [6.45, 7) is 0.359. The third-order valence-corrected chi connectivity index (χ3v) is 4.16. The summed E-state index contributed by atoms with van der Waals surface area (Å²) < 4.78 is 48.7. The van der Waals surface area contributed by atoms with Crippen LogP contribution in [0.3, 0.4) is 0 Å². The summed E-state index contributed by atoms with van der Waals surface area (Å²) in [5.41, 5.74) is -1.58. The molecule has 0 radical (unpaired) electrons. The third-order valence-electron chi connectivity index (χ3n) is 4.16. The number of carbonyl (C=O) groups is 2. The predicted molar refractivity (Wildman–Crippen MR) is 90.1 cm³/mol. The largest absolute Gasteiger partial charge is 0.507 e. The van der Waals surface area contributed by atoms with Crippen LogP contribution in [0, 0.1) is 0 Å². The average molecular weight is 396 g/mol. The summed E-state index contributed by atoms with van der Waals surface area (Å²) in [7, 11) is 0. The monoisotopic (exact) mass is 396 g/mol. The fourth-order valence-corrected chi connectivity index (χ4v) is 2.80. The molecule has 0 saturated carbocycles. The van der Waals surface area contributed by atoms with E-state index in [1.807, 2.05) is 0 Å². The molecular weight excluding hydrogens is 381 g/mol. The number of rotatable bonds is 5. The molecule has 0 atom stereocenters. The number of phenols is 2. The van der Waals surface area contributed by atoms with E-state index in [2.05, 4.69) is 0 Å². The van der Waals surface area contributed by atoms with Crippen molar-refractivity contribution in [2.75, 3.05) is 13.2 Å². The lowest BCUT2D eigenvalue weighted by Gasteiger charge is -2.21. The first kappa shape index (κ1) is 19.5. The number of ketones is 2. The summed E-state index contributed by atoms with van der Waals surface area (Å²) in [5.74, 6) is -2.58. The maximum Gasteiger partial charge on any atom is 0.416 e. The van der Waals surface area contributed by atoms with Crippen molar-refractivity contribution < 1.29 is 42.4 Å². The van der Waals surface area contributed by atoms with Crippen molar-refractivity contribution in [1.82, 2.24) is 0 Å². The number of Topliss-reactive ketones (excluding diaryl/α,β-unsaturated/α-hetero) is 2. The van der Waals surface area contributed by atoms with Gasteiger partial charge in [-0.3, -0.25) is 9.59 Å². The molecule has 0 bridgehead atoms. The number of fused-ring (bicyclic) bond motifs is 1. The number of phenolic OH excluding ortho intramolecular Hbond substituents is 2. The Morgan fingerprint density at radius 1 is 1.00 bits per heavy atom. The van der Waals surface area contributed by atoms with Crippen molar-refractivity contribution in [2.24, 2.45) is 0 Å². The number of benzene rings is 2. The Kier molecular flexibility index (Phi) is 5.17. The molecule has 0 spiro atoms. The quantitative estimate of drug-likeness (QED) is 0.748. The highest BCUT2D eigenvalue weighted by Crippen LogP contribution is 2.46. The molecule has 0 amide bonds. The van der Waals surface area contributed by atoms with Crippen LogP contribution in [0.2, 0.25) is 0 Å². The Morgan fingerprint density at radius 3 is 2.39 bits per heavy atom. The molecule has 0 aliphatic carbocycles. The van der Waals surface area contributed by atoms with Crippen molar-refractivity contribution in [2.45, 2.75) is 19.0 Å². The van der Waals surface area contributed by atoms with E-state index in [0.29, 0.717) is 6.07 Å². The standard InChI is InChI=1S/C19H15F3O6/c20-19(21,22)11-3-1-2-10(8-11)12(23)4-5-13(24)16-14(25)9-15-18(17(16)26)28-7-6-27-15/h1-3,8-9,25-26H,4-7H2. The number of carbonyl (C=O) groups excluding carboxylic acids is 2. The molecule has 0 unspecified atom stereocenters. The first-order valence-electron chi connectivity index (χ1n) is 8.26. The maximum absolute atomic E-state index is 12.8. The van der Waals surface area contributed by atoms with Gasteiger partial charge in [-0.05, 0) is 12.1 Å². The van der Waals surface area contributed by atoms with Crippen LogP contribution in [0.5, 0.6) is 23.0 Å². The molecule has 148 valence electrons. The van der Waals surface area contributed by atoms with E-state index >= 15 is 0 Å². The lowest BCUT2D eigenvalue weighted by molar-refractivity contribution is -0.137. The van der Waals surface area contributed by atoms with Gasteiger partial charge < -0.3 is 19.7 Å². The van der Waals surface area contributed by atoms with Gasteiger partial charge in [-0.15, -0.1) is 0 Å². The zero-order valence-electron chi connectivity index (χ0n) is 14.4. The second kappa shape index (κ2) is 7.41. The topological polar surface area (TPSA) is 93.1 Å². The minimum absolute atomic E-state index is 0.0813. The maximum atomic E-state index is 12.8. The molecule has 3 rings (SSSR count).